The van der Waals surface area contributed by atoms with Gasteiger partial charge in [-0.2, -0.15) is 0 Å². The van der Waals surface area contributed by atoms with Crippen LogP contribution in [0.5, 0.6) is 0 Å². The maximum atomic E-state index is 4.64. The van der Waals surface area contributed by atoms with Gasteiger partial charge in [-0.25, -0.2) is 4.98 Å². The topological polar surface area (TPSA) is 28.2 Å². The fourth-order valence-electron chi connectivity index (χ4n) is 2.78. The second kappa shape index (κ2) is 6.02. The molecule has 0 bridgehead atoms. The highest BCUT2D eigenvalue weighted by molar-refractivity contribution is 9.10. The third kappa shape index (κ3) is 3.04. The summed E-state index contributed by atoms with van der Waals surface area (Å²) in [6, 6.07) is 2.75. The molecule has 3 nitrogen and oxygen atoms in total. The summed E-state index contributed by atoms with van der Waals surface area (Å²) in [7, 11) is 1.98. The number of hydrogen-bond donors (Lipinski definition) is 1. The lowest BCUT2D eigenvalue weighted by atomic mass is 9.93. The van der Waals surface area contributed by atoms with E-state index in [1.165, 1.54) is 18.4 Å². The van der Waals surface area contributed by atoms with Gasteiger partial charge < -0.3 is 10.2 Å². The minimum absolute atomic E-state index is 0.582. The van der Waals surface area contributed by atoms with Crippen LogP contribution in [-0.4, -0.2) is 24.6 Å². The molecule has 100 valence electrons. The molecule has 0 aromatic carbocycles. The number of piperidine rings is 1. The first-order valence-electron chi connectivity index (χ1n) is 6.67. The van der Waals surface area contributed by atoms with E-state index in [4.69, 9.17) is 0 Å². The lowest BCUT2D eigenvalue weighted by molar-refractivity contribution is 0.375. The van der Waals surface area contributed by atoms with E-state index in [0.717, 1.165) is 29.3 Å². The molecule has 0 aliphatic carbocycles. The molecule has 2 rings (SSSR count). The molecule has 1 saturated heterocycles. The standard InChI is InChI=1S/C14H22BrN3/c1-10-4-5-18(11(2)6-10)14-12(8-16-3)7-13(15)9-17-14/h7,9-11,16H,4-6,8H2,1-3H3. The molecule has 1 fully saturated rings. The van der Waals surface area contributed by atoms with Crippen LogP contribution >= 0.6 is 15.9 Å². The fraction of sp³-hybridized carbons (Fsp3) is 0.643. The number of aromatic nitrogens is 1. The predicted octanol–water partition coefficient (Wildman–Crippen LogP) is 3.19. The summed E-state index contributed by atoms with van der Waals surface area (Å²) in [6.07, 6.45) is 4.43. The molecular weight excluding hydrogens is 290 g/mol. The molecular formula is C14H22BrN3. The minimum Gasteiger partial charge on any atom is -0.354 e. The number of pyridine rings is 1. The molecule has 1 aliphatic heterocycles. The van der Waals surface area contributed by atoms with Crippen molar-refractivity contribution in [2.45, 2.75) is 39.3 Å². The molecule has 2 heterocycles. The average molecular weight is 312 g/mol. The normalized spacial score (nSPS) is 24.3. The van der Waals surface area contributed by atoms with Gasteiger partial charge in [0.25, 0.3) is 0 Å². The molecule has 2 unspecified atom stereocenters. The van der Waals surface area contributed by atoms with Crippen molar-refractivity contribution in [3.63, 3.8) is 0 Å². The Hall–Kier alpha value is -0.610. The molecule has 1 N–H and O–H groups in total. The smallest absolute Gasteiger partial charge is 0.133 e. The summed E-state index contributed by atoms with van der Waals surface area (Å²) < 4.78 is 1.05. The van der Waals surface area contributed by atoms with Crippen LogP contribution in [-0.2, 0) is 6.54 Å². The van der Waals surface area contributed by atoms with E-state index < -0.39 is 0 Å². The van der Waals surface area contributed by atoms with Gasteiger partial charge in [0.05, 0.1) is 0 Å². The van der Waals surface area contributed by atoms with Crippen molar-refractivity contribution in [2.75, 3.05) is 18.5 Å². The predicted molar refractivity (Wildman–Crippen MR) is 79.9 cm³/mol. The maximum absolute atomic E-state index is 4.64. The maximum Gasteiger partial charge on any atom is 0.133 e. The lowest BCUT2D eigenvalue weighted by Crippen LogP contribution is -2.41. The Labute approximate surface area is 118 Å². The van der Waals surface area contributed by atoms with Crippen molar-refractivity contribution >= 4 is 21.7 Å². The van der Waals surface area contributed by atoms with E-state index in [-0.39, 0.29) is 0 Å². The van der Waals surface area contributed by atoms with E-state index in [9.17, 15) is 0 Å². The number of halogens is 1. The SMILES string of the molecule is CNCc1cc(Br)cnc1N1CCC(C)CC1C. The third-order valence-corrected chi connectivity index (χ3v) is 4.12. The number of rotatable bonds is 3. The first kappa shape index (κ1) is 13.8. The van der Waals surface area contributed by atoms with Gasteiger partial charge in [0.2, 0.25) is 0 Å². The number of anilines is 1. The Morgan fingerprint density at radius 1 is 1.50 bits per heavy atom. The third-order valence-electron chi connectivity index (χ3n) is 3.69. The number of hydrogen-bond acceptors (Lipinski definition) is 3. The van der Waals surface area contributed by atoms with Gasteiger partial charge in [-0.1, -0.05) is 6.92 Å². The number of nitrogens with zero attached hydrogens (tertiary/aromatic N) is 2. The lowest BCUT2D eigenvalue weighted by Gasteiger charge is -2.38. The van der Waals surface area contributed by atoms with Crippen LogP contribution in [0.25, 0.3) is 0 Å². The molecule has 4 heteroatoms. The highest BCUT2D eigenvalue weighted by Crippen LogP contribution is 2.29. The molecule has 0 spiro atoms. The molecule has 0 amide bonds. The van der Waals surface area contributed by atoms with E-state index in [1.807, 2.05) is 13.2 Å². The molecule has 0 saturated carbocycles. The molecule has 1 aliphatic rings. The zero-order chi connectivity index (χ0) is 13.1. The monoisotopic (exact) mass is 311 g/mol. The van der Waals surface area contributed by atoms with E-state index in [1.54, 1.807) is 0 Å². The van der Waals surface area contributed by atoms with E-state index in [2.05, 4.69) is 51.0 Å². The van der Waals surface area contributed by atoms with Crippen molar-refractivity contribution in [1.29, 1.82) is 0 Å². The molecule has 2 atom stereocenters. The molecule has 0 radical (unpaired) electrons. The van der Waals surface area contributed by atoms with Gasteiger partial charge in [-0.05, 0) is 54.7 Å². The van der Waals surface area contributed by atoms with Crippen molar-refractivity contribution in [3.8, 4) is 0 Å². The van der Waals surface area contributed by atoms with Gasteiger partial charge in [0.1, 0.15) is 5.82 Å². The van der Waals surface area contributed by atoms with Crippen molar-refractivity contribution in [2.24, 2.45) is 5.92 Å². The Kier molecular flexibility index (Phi) is 4.62. The second-order valence-corrected chi connectivity index (χ2v) is 6.25. The minimum atomic E-state index is 0.582. The molecule has 1 aromatic rings. The summed E-state index contributed by atoms with van der Waals surface area (Å²) >= 11 is 3.51. The summed E-state index contributed by atoms with van der Waals surface area (Å²) in [5.74, 6) is 1.98. The number of nitrogens with one attached hydrogen (secondary N) is 1. The van der Waals surface area contributed by atoms with Gasteiger partial charge in [0.15, 0.2) is 0 Å². The zero-order valence-electron chi connectivity index (χ0n) is 11.4. The summed E-state index contributed by atoms with van der Waals surface area (Å²) in [5, 5.41) is 3.23. The van der Waals surface area contributed by atoms with Crippen LogP contribution in [0, 0.1) is 5.92 Å². The first-order valence-corrected chi connectivity index (χ1v) is 7.46. The van der Waals surface area contributed by atoms with Gasteiger partial charge in [0, 0.05) is 35.4 Å². The van der Waals surface area contributed by atoms with Crippen LogP contribution < -0.4 is 10.2 Å². The quantitative estimate of drug-likeness (QED) is 0.929. The van der Waals surface area contributed by atoms with Crippen molar-refractivity contribution in [3.05, 3.63) is 22.3 Å². The molecule has 18 heavy (non-hydrogen) atoms. The van der Waals surface area contributed by atoms with Gasteiger partial charge in [-0.3, -0.25) is 0 Å². The Morgan fingerprint density at radius 2 is 2.28 bits per heavy atom. The highest BCUT2D eigenvalue weighted by Gasteiger charge is 2.25. The average Bonchev–Trinajstić information content (AvgIpc) is 2.31. The van der Waals surface area contributed by atoms with E-state index in [0.29, 0.717) is 6.04 Å². The van der Waals surface area contributed by atoms with Crippen LogP contribution in [0.2, 0.25) is 0 Å². The van der Waals surface area contributed by atoms with Crippen LogP contribution in [0.4, 0.5) is 5.82 Å². The summed E-state index contributed by atoms with van der Waals surface area (Å²) in [5.41, 5.74) is 1.27. The second-order valence-electron chi connectivity index (χ2n) is 5.34. The van der Waals surface area contributed by atoms with Crippen LogP contribution in [0.15, 0.2) is 16.7 Å². The van der Waals surface area contributed by atoms with E-state index >= 15 is 0 Å². The Bertz CT molecular complexity index is 408. The Morgan fingerprint density at radius 3 is 2.94 bits per heavy atom. The largest absolute Gasteiger partial charge is 0.354 e. The summed E-state index contributed by atoms with van der Waals surface area (Å²) in [4.78, 5) is 7.09. The van der Waals surface area contributed by atoms with Crippen molar-refractivity contribution < 1.29 is 0 Å². The highest BCUT2D eigenvalue weighted by atomic mass is 79.9. The van der Waals surface area contributed by atoms with Gasteiger partial charge >= 0.3 is 0 Å². The summed E-state index contributed by atoms with van der Waals surface area (Å²) in [6.45, 7) is 6.63. The van der Waals surface area contributed by atoms with Crippen molar-refractivity contribution in [1.82, 2.24) is 10.3 Å². The van der Waals surface area contributed by atoms with Crippen LogP contribution in [0.3, 0.4) is 0 Å². The first-order chi connectivity index (χ1) is 8.61. The van der Waals surface area contributed by atoms with Gasteiger partial charge in [-0.15, -0.1) is 0 Å². The molecule has 1 aromatic heterocycles. The fourth-order valence-corrected chi connectivity index (χ4v) is 3.15. The van der Waals surface area contributed by atoms with Crippen LogP contribution in [0.1, 0.15) is 32.3 Å². The Balaban J connectivity index is 2.26. The zero-order valence-corrected chi connectivity index (χ0v) is 13.0.